The number of benzene rings is 1. The number of rotatable bonds is 5. The molecule has 36 heavy (non-hydrogen) atoms. The second-order valence-corrected chi connectivity index (χ2v) is 9.50. The number of alkyl carbamates (subject to hydrolysis) is 1. The number of nitrogens with one attached hydrogen (secondary N) is 3. The van der Waals surface area contributed by atoms with Gasteiger partial charge in [-0.3, -0.25) is 9.59 Å². The molecule has 1 aromatic heterocycles. The molecule has 0 spiro atoms. The van der Waals surface area contributed by atoms with E-state index in [-0.39, 0.29) is 24.5 Å². The van der Waals surface area contributed by atoms with Gasteiger partial charge in [0.2, 0.25) is 5.91 Å². The fraction of sp³-hybridized carbons (Fsp3) is 0.407. The number of anilines is 3. The number of para-hydroxylation sites is 1. The molecule has 2 aromatic rings. The van der Waals surface area contributed by atoms with Crippen molar-refractivity contribution in [1.82, 2.24) is 10.3 Å². The lowest BCUT2D eigenvalue weighted by Crippen LogP contribution is -2.44. The van der Waals surface area contributed by atoms with Crippen molar-refractivity contribution in [3.63, 3.8) is 0 Å². The molecule has 3 rings (SSSR count). The zero-order chi connectivity index (χ0) is 26.3. The van der Waals surface area contributed by atoms with Gasteiger partial charge < -0.3 is 25.6 Å². The first kappa shape index (κ1) is 26.5. The van der Waals surface area contributed by atoms with Gasteiger partial charge in [0.05, 0.1) is 24.5 Å². The molecular formula is C27H33N5O4. The molecule has 0 aliphatic carbocycles. The van der Waals surface area contributed by atoms with E-state index in [9.17, 15) is 14.4 Å². The number of nitrogens with zero attached hydrogens (tertiary/aromatic N) is 2. The summed E-state index contributed by atoms with van der Waals surface area (Å²) in [6, 6.07) is 11.5. The van der Waals surface area contributed by atoms with Gasteiger partial charge in [-0.2, -0.15) is 0 Å². The smallest absolute Gasteiger partial charge is 0.408 e. The number of hydrogen-bond donors (Lipinski definition) is 3. The molecule has 190 valence electrons. The van der Waals surface area contributed by atoms with E-state index < -0.39 is 17.6 Å². The van der Waals surface area contributed by atoms with E-state index in [4.69, 9.17) is 4.74 Å². The van der Waals surface area contributed by atoms with E-state index in [1.165, 1.54) is 0 Å². The Bertz CT molecular complexity index is 1160. The number of aromatic nitrogens is 1. The Labute approximate surface area is 212 Å². The summed E-state index contributed by atoms with van der Waals surface area (Å²) in [5, 5.41) is 8.58. The highest BCUT2D eigenvalue weighted by Gasteiger charge is 2.33. The minimum absolute atomic E-state index is 0.00612. The van der Waals surface area contributed by atoms with Crippen LogP contribution in [0, 0.1) is 11.8 Å². The average molecular weight is 492 g/mol. The van der Waals surface area contributed by atoms with Crippen molar-refractivity contribution in [2.24, 2.45) is 0 Å². The van der Waals surface area contributed by atoms with Crippen LogP contribution in [0.4, 0.5) is 22.0 Å². The van der Waals surface area contributed by atoms with Crippen LogP contribution in [-0.4, -0.2) is 41.1 Å². The van der Waals surface area contributed by atoms with Crippen molar-refractivity contribution >= 4 is 35.1 Å². The molecule has 1 aliphatic heterocycles. The van der Waals surface area contributed by atoms with E-state index in [0.29, 0.717) is 17.9 Å². The minimum atomic E-state index is -0.601. The lowest BCUT2D eigenvalue weighted by atomic mass is 9.91. The molecule has 1 aliphatic rings. The number of amides is 3. The number of carbonyl (C=O) groups excluding carboxylic acids is 3. The Morgan fingerprint density at radius 3 is 2.58 bits per heavy atom. The van der Waals surface area contributed by atoms with Crippen molar-refractivity contribution in [2.75, 3.05) is 22.1 Å². The first-order valence-electron chi connectivity index (χ1n) is 12.0. The van der Waals surface area contributed by atoms with E-state index in [2.05, 4.69) is 32.8 Å². The van der Waals surface area contributed by atoms with Gasteiger partial charge >= 0.3 is 6.09 Å². The van der Waals surface area contributed by atoms with Gasteiger partial charge in [0.15, 0.2) is 0 Å². The molecule has 0 radical (unpaired) electrons. The Kier molecular flexibility index (Phi) is 8.54. The van der Waals surface area contributed by atoms with Crippen molar-refractivity contribution in [1.29, 1.82) is 0 Å². The molecule has 1 aromatic carbocycles. The maximum atomic E-state index is 12.5. The monoisotopic (exact) mass is 491 g/mol. The van der Waals surface area contributed by atoms with Crippen LogP contribution in [0.15, 0.2) is 42.6 Å². The van der Waals surface area contributed by atoms with Gasteiger partial charge in [-0.25, -0.2) is 9.78 Å². The largest absolute Gasteiger partial charge is 0.444 e. The van der Waals surface area contributed by atoms with Gasteiger partial charge in [-0.1, -0.05) is 31.0 Å². The number of ether oxygens (including phenoxy) is 1. The molecule has 2 atom stereocenters. The van der Waals surface area contributed by atoms with Crippen LogP contribution in [0.25, 0.3) is 0 Å². The summed E-state index contributed by atoms with van der Waals surface area (Å²) in [7, 11) is 0. The first-order valence-corrected chi connectivity index (χ1v) is 12.0. The Hall–Kier alpha value is -4.06. The minimum Gasteiger partial charge on any atom is -0.444 e. The quantitative estimate of drug-likeness (QED) is 0.540. The van der Waals surface area contributed by atoms with Crippen LogP contribution in [0.3, 0.4) is 0 Å². The molecule has 3 N–H and O–H groups in total. The fourth-order valence-electron chi connectivity index (χ4n) is 3.95. The maximum Gasteiger partial charge on any atom is 0.408 e. The lowest BCUT2D eigenvalue weighted by molar-refractivity contribution is -0.118. The molecular weight excluding hydrogens is 458 g/mol. The van der Waals surface area contributed by atoms with Gasteiger partial charge in [0.25, 0.3) is 5.91 Å². The zero-order valence-electron chi connectivity index (χ0n) is 21.3. The molecule has 3 amide bonds. The number of carbonyl (C=O) groups is 3. The number of hydrogen-bond acceptors (Lipinski definition) is 6. The Morgan fingerprint density at radius 2 is 1.92 bits per heavy atom. The van der Waals surface area contributed by atoms with Crippen molar-refractivity contribution in [3.05, 3.63) is 48.2 Å². The van der Waals surface area contributed by atoms with Crippen LogP contribution in [0.5, 0.6) is 0 Å². The predicted molar refractivity (Wildman–Crippen MR) is 140 cm³/mol. The highest BCUT2D eigenvalue weighted by atomic mass is 16.6. The van der Waals surface area contributed by atoms with Crippen molar-refractivity contribution in [3.8, 4) is 11.8 Å². The SMILES string of the molecule is CCC(=O)N1c2ccccc2[C@H](Nc2ccc(NC(=O)C#CCNC(=O)OC(C)(C)C)cn2)C[C@@H]1C. The van der Waals surface area contributed by atoms with E-state index in [1.54, 1.807) is 39.1 Å². The Morgan fingerprint density at radius 1 is 1.17 bits per heavy atom. The summed E-state index contributed by atoms with van der Waals surface area (Å²) in [5.74, 6) is 5.25. The zero-order valence-corrected chi connectivity index (χ0v) is 21.3. The molecule has 9 nitrogen and oxygen atoms in total. The van der Waals surface area contributed by atoms with E-state index in [0.717, 1.165) is 17.7 Å². The van der Waals surface area contributed by atoms with Gasteiger partial charge in [0, 0.05) is 18.2 Å². The van der Waals surface area contributed by atoms with E-state index >= 15 is 0 Å². The highest BCUT2D eigenvalue weighted by Crippen LogP contribution is 2.38. The topological polar surface area (TPSA) is 113 Å². The third-order valence-electron chi connectivity index (χ3n) is 5.43. The highest BCUT2D eigenvalue weighted by molar-refractivity contribution is 6.04. The van der Waals surface area contributed by atoms with Crippen LogP contribution in [0.2, 0.25) is 0 Å². The first-order chi connectivity index (χ1) is 17.1. The summed E-state index contributed by atoms with van der Waals surface area (Å²) in [6.07, 6.45) is 2.15. The maximum absolute atomic E-state index is 12.5. The van der Waals surface area contributed by atoms with E-state index in [1.807, 2.05) is 43.0 Å². The molecule has 0 unspecified atom stereocenters. The van der Waals surface area contributed by atoms with Crippen LogP contribution < -0.4 is 20.9 Å². The predicted octanol–water partition coefficient (Wildman–Crippen LogP) is 4.24. The second-order valence-electron chi connectivity index (χ2n) is 9.50. The summed E-state index contributed by atoms with van der Waals surface area (Å²) >= 11 is 0. The average Bonchev–Trinajstić information content (AvgIpc) is 2.81. The number of fused-ring (bicyclic) bond motifs is 1. The molecule has 0 fully saturated rings. The lowest BCUT2D eigenvalue weighted by Gasteiger charge is -2.39. The Balaban J connectivity index is 1.57. The van der Waals surface area contributed by atoms with Crippen molar-refractivity contribution < 1.29 is 19.1 Å². The molecule has 0 saturated heterocycles. The normalized spacial score (nSPS) is 16.6. The fourth-order valence-corrected chi connectivity index (χ4v) is 3.95. The van der Waals surface area contributed by atoms with Crippen LogP contribution >= 0.6 is 0 Å². The second kappa shape index (κ2) is 11.6. The van der Waals surface area contributed by atoms with Gasteiger partial charge in [-0.05, 0) is 63.8 Å². The molecule has 9 heteroatoms. The summed E-state index contributed by atoms with van der Waals surface area (Å²) in [4.78, 5) is 42.5. The van der Waals surface area contributed by atoms with Gasteiger partial charge in [-0.15, -0.1) is 0 Å². The van der Waals surface area contributed by atoms with Crippen LogP contribution in [-0.2, 0) is 14.3 Å². The molecule has 0 saturated carbocycles. The standard InChI is InChI=1S/C27H33N5O4/c1-6-25(34)32-18(2)16-21(20-10-7-8-11-22(20)32)31-23-14-13-19(17-29-23)30-24(33)12-9-15-28-26(35)36-27(3,4)5/h7-8,10-11,13-14,17-18,21H,6,15-16H2,1-5H3,(H,28,35)(H,29,31)(H,30,33)/t18-,21+/m0/s1. The molecule has 0 bridgehead atoms. The number of pyridine rings is 1. The summed E-state index contributed by atoms with van der Waals surface area (Å²) in [5.41, 5.74) is 1.86. The summed E-state index contributed by atoms with van der Waals surface area (Å²) in [6.45, 7) is 9.20. The van der Waals surface area contributed by atoms with Crippen LogP contribution in [0.1, 0.15) is 59.1 Å². The van der Waals surface area contributed by atoms with Gasteiger partial charge in [0.1, 0.15) is 11.4 Å². The van der Waals surface area contributed by atoms with Crippen molar-refractivity contribution in [2.45, 2.75) is 65.1 Å². The summed E-state index contributed by atoms with van der Waals surface area (Å²) < 4.78 is 5.10. The third-order valence-corrected chi connectivity index (χ3v) is 5.43. The third kappa shape index (κ3) is 7.22. The molecule has 2 heterocycles.